The zero-order chi connectivity index (χ0) is 14.4. The average molecular weight is 269 g/mol. The van der Waals surface area contributed by atoms with Crippen molar-refractivity contribution in [2.45, 2.75) is 13.3 Å². The van der Waals surface area contributed by atoms with Crippen LogP contribution in [0.4, 0.5) is 4.39 Å². The number of carbonyl (C=O) groups excluding carboxylic acids is 1. The number of hydrogen-bond donors (Lipinski definition) is 1. The molecule has 0 atom stereocenters. The highest BCUT2D eigenvalue weighted by Gasteiger charge is 2.17. The van der Waals surface area contributed by atoms with Crippen LogP contribution in [0.2, 0.25) is 0 Å². The molecule has 0 aromatic heterocycles. The zero-order valence-electron chi connectivity index (χ0n) is 10.9. The molecule has 0 aliphatic rings. The molecule has 1 amide bonds. The second-order valence-corrected chi connectivity index (χ2v) is 3.88. The number of hydrogen-bond acceptors (Lipinski definition) is 3. The number of halogens is 1. The van der Waals surface area contributed by atoms with Crippen molar-refractivity contribution >= 4 is 11.9 Å². The molecule has 1 rings (SSSR count). The molecule has 1 aromatic rings. The minimum absolute atomic E-state index is 0.0138. The van der Waals surface area contributed by atoms with E-state index < -0.39 is 11.8 Å². The maximum absolute atomic E-state index is 13.2. The maximum atomic E-state index is 13.2. The molecule has 0 aliphatic carbocycles. The minimum Gasteiger partial charge on any atom is -0.494 e. The highest BCUT2D eigenvalue weighted by molar-refractivity contribution is 5.94. The molecule has 0 fully saturated rings. The van der Waals surface area contributed by atoms with Gasteiger partial charge in [-0.05, 0) is 25.1 Å². The molecule has 19 heavy (non-hydrogen) atoms. The van der Waals surface area contributed by atoms with E-state index in [4.69, 9.17) is 9.84 Å². The van der Waals surface area contributed by atoms with Crippen molar-refractivity contribution in [2.75, 3.05) is 20.2 Å². The van der Waals surface area contributed by atoms with Crippen molar-refractivity contribution in [3.63, 3.8) is 0 Å². The van der Waals surface area contributed by atoms with Crippen LogP contribution in [-0.4, -0.2) is 42.1 Å². The Morgan fingerprint density at radius 1 is 1.42 bits per heavy atom. The number of carboxylic acids is 1. The van der Waals surface area contributed by atoms with Gasteiger partial charge in [0, 0.05) is 18.7 Å². The monoisotopic (exact) mass is 269 g/mol. The molecule has 1 N–H and O–H groups in total. The molecule has 6 heteroatoms. The number of carbonyl (C=O) groups is 2. The van der Waals surface area contributed by atoms with Crippen LogP contribution >= 0.6 is 0 Å². The Morgan fingerprint density at radius 3 is 2.63 bits per heavy atom. The van der Waals surface area contributed by atoms with Crippen LogP contribution < -0.4 is 4.74 Å². The quantitative estimate of drug-likeness (QED) is 0.854. The molecule has 0 spiro atoms. The summed E-state index contributed by atoms with van der Waals surface area (Å²) in [5.41, 5.74) is 0.269. The Labute approximate surface area is 110 Å². The lowest BCUT2D eigenvalue weighted by molar-refractivity contribution is -0.137. The molecule has 5 nitrogen and oxygen atoms in total. The Hall–Kier alpha value is -2.11. The number of aliphatic carboxylic acids is 1. The first-order valence-electron chi connectivity index (χ1n) is 5.84. The molecule has 0 unspecified atom stereocenters. The zero-order valence-corrected chi connectivity index (χ0v) is 10.9. The van der Waals surface area contributed by atoms with Gasteiger partial charge in [-0.15, -0.1) is 0 Å². The van der Waals surface area contributed by atoms with E-state index >= 15 is 0 Å². The lowest BCUT2D eigenvalue weighted by atomic mass is 10.1. The van der Waals surface area contributed by atoms with E-state index in [9.17, 15) is 14.0 Å². The summed E-state index contributed by atoms with van der Waals surface area (Å²) in [6, 6.07) is 3.81. The summed E-state index contributed by atoms with van der Waals surface area (Å²) in [5.74, 6) is -1.88. The Kier molecular flexibility index (Phi) is 5.29. The summed E-state index contributed by atoms with van der Waals surface area (Å²) in [6.45, 7) is 2.25. The van der Waals surface area contributed by atoms with Gasteiger partial charge in [-0.25, -0.2) is 4.39 Å². The first-order valence-corrected chi connectivity index (χ1v) is 5.84. The highest BCUT2D eigenvalue weighted by Crippen LogP contribution is 2.19. The fourth-order valence-electron chi connectivity index (χ4n) is 1.61. The van der Waals surface area contributed by atoms with Crippen molar-refractivity contribution in [1.82, 2.24) is 4.90 Å². The SMILES string of the molecule is CCN(CCC(=O)O)C(=O)c1ccc(F)c(OC)c1. The van der Waals surface area contributed by atoms with Crippen molar-refractivity contribution < 1.29 is 23.8 Å². The van der Waals surface area contributed by atoms with E-state index in [0.29, 0.717) is 6.54 Å². The van der Waals surface area contributed by atoms with Crippen molar-refractivity contribution in [3.05, 3.63) is 29.6 Å². The van der Waals surface area contributed by atoms with E-state index in [2.05, 4.69) is 0 Å². The average Bonchev–Trinajstić information content (AvgIpc) is 2.39. The second kappa shape index (κ2) is 6.72. The Bertz CT molecular complexity index is 476. The third kappa shape index (κ3) is 3.94. The Balaban J connectivity index is 2.87. The van der Waals surface area contributed by atoms with Crippen LogP contribution in [0, 0.1) is 5.82 Å². The van der Waals surface area contributed by atoms with Crippen molar-refractivity contribution in [3.8, 4) is 5.75 Å². The molecular weight excluding hydrogens is 253 g/mol. The first-order chi connectivity index (χ1) is 8.99. The minimum atomic E-state index is -0.970. The van der Waals surface area contributed by atoms with Gasteiger partial charge in [0.2, 0.25) is 0 Å². The van der Waals surface area contributed by atoms with Crippen LogP contribution in [0.3, 0.4) is 0 Å². The van der Waals surface area contributed by atoms with E-state index in [0.717, 1.165) is 6.07 Å². The van der Waals surface area contributed by atoms with Gasteiger partial charge in [-0.3, -0.25) is 9.59 Å². The predicted molar refractivity (Wildman–Crippen MR) is 66.8 cm³/mol. The standard InChI is InChI=1S/C13H16FNO4/c1-3-15(7-6-12(16)17)13(18)9-4-5-10(14)11(8-9)19-2/h4-5,8H,3,6-7H2,1-2H3,(H,16,17). The summed E-state index contributed by atoms with van der Waals surface area (Å²) in [5, 5.41) is 8.62. The van der Waals surface area contributed by atoms with Gasteiger partial charge >= 0.3 is 5.97 Å². The van der Waals surface area contributed by atoms with Gasteiger partial charge in [-0.1, -0.05) is 0 Å². The third-order valence-electron chi connectivity index (χ3n) is 2.66. The summed E-state index contributed by atoms with van der Waals surface area (Å²) < 4.78 is 18.1. The fraction of sp³-hybridized carbons (Fsp3) is 0.385. The van der Waals surface area contributed by atoms with Crippen LogP contribution in [0.15, 0.2) is 18.2 Å². The number of methoxy groups -OCH3 is 1. The van der Waals surface area contributed by atoms with E-state index in [1.54, 1.807) is 6.92 Å². The topological polar surface area (TPSA) is 66.8 Å². The number of carboxylic acid groups (broad SMARTS) is 1. The maximum Gasteiger partial charge on any atom is 0.305 e. The summed E-state index contributed by atoms with van der Waals surface area (Å²) >= 11 is 0. The van der Waals surface area contributed by atoms with E-state index in [1.807, 2.05) is 0 Å². The van der Waals surface area contributed by atoms with Crippen molar-refractivity contribution in [1.29, 1.82) is 0 Å². The normalized spacial score (nSPS) is 10.1. The largest absolute Gasteiger partial charge is 0.494 e. The van der Waals surface area contributed by atoms with E-state index in [-0.39, 0.29) is 30.2 Å². The summed E-state index contributed by atoms with van der Waals surface area (Å²) in [6.07, 6.45) is -0.127. The number of rotatable bonds is 6. The third-order valence-corrected chi connectivity index (χ3v) is 2.66. The fourth-order valence-corrected chi connectivity index (χ4v) is 1.61. The van der Waals surface area contributed by atoms with Crippen LogP contribution in [-0.2, 0) is 4.79 Å². The molecule has 0 bridgehead atoms. The Morgan fingerprint density at radius 2 is 2.11 bits per heavy atom. The molecular formula is C13H16FNO4. The summed E-state index contributed by atoms with van der Waals surface area (Å²) in [4.78, 5) is 24.0. The molecule has 0 saturated heterocycles. The number of ether oxygens (including phenoxy) is 1. The highest BCUT2D eigenvalue weighted by atomic mass is 19.1. The molecule has 1 aromatic carbocycles. The van der Waals surface area contributed by atoms with Crippen LogP contribution in [0.1, 0.15) is 23.7 Å². The number of amides is 1. The summed E-state index contributed by atoms with van der Waals surface area (Å²) in [7, 11) is 1.31. The number of benzene rings is 1. The van der Waals surface area contributed by atoms with Gasteiger partial charge in [0.05, 0.1) is 13.5 Å². The van der Waals surface area contributed by atoms with Gasteiger partial charge in [0.15, 0.2) is 11.6 Å². The van der Waals surface area contributed by atoms with Crippen molar-refractivity contribution in [2.24, 2.45) is 0 Å². The molecule has 0 aliphatic heterocycles. The number of nitrogens with zero attached hydrogens (tertiary/aromatic N) is 1. The smallest absolute Gasteiger partial charge is 0.305 e. The van der Waals surface area contributed by atoms with E-state index in [1.165, 1.54) is 24.1 Å². The van der Waals surface area contributed by atoms with Gasteiger partial charge in [-0.2, -0.15) is 0 Å². The molecule has 104 valence electrons. The molecule has 0 heterocycles. The lowest BCUT2D eigenvalue weighted by Crippen LogP contribution is -2.32. The predicted octanol–water partition coefficient (Wildman–Crippen LogP) is 1.77. The lowest BCUT2D eigenvalue weighted by Gasteiger charge is -2.20. The van der Waals surface area contributed by atoms with Crippen LogP contribution in [0.5, 0.6) is 5.75 Å². The molecule has 0 saturated carbocycles. The van der Waals surface area contributed by atoms with Gasteiger partial charge in [0.1, 0.15) is 0 Å². The first kappa shape index (κ1) is 14.9. The van der Waals surface area contributed by atoms with Crippen LogP contribution in [0.25, 0.3) is 0 Å². The molecule has 0 radical (unpaired) electrons. The second-order valence-electron chi connectivity index (χ2n) is 3.88. The van der Waals surface area contributed by atoms with Gasteiger partial charge in [0.25, 0.3) is 5.91 Å². The van der Waals surface area contributed by atoms with Gasteiger partial charge < -0.3 is 14.7 Å².